The van der Waals surface area contributed by atoms with Crippen LogP contribution in [0.2, 0.25) is 0 Å². The SMILES string of the molecule is Cc1cc(C)c(CN(C)C2CNC2)c(C)c1. The van der Waals surface area contributed by atoms with Gasteiger partial charge < -0.3 is 5.32 Å². The van der Waals surface area contributed by atoms with E-state index < -0.39 is 0 Å². The summed E-state index contributed by atoms with van der Waals surface area (Å²) in [6, 6.07) is 5.30. The van der Waals surface area contributed by atoms with E-state index in [0.717, 1.165) is 25.7 Å². The van der Waals surface area contributed by atoms with Crippen molar-refractivity contribution in [1.29, 1.82) is 0 Å². The van der Waals surface area contributed by atoms with Crippen LogP contribution in [0, 0.1) is 20.8 Å². The summed E-state index contributed by atoms with van der Waals surface area (Å²) in [4.78, 5) is 2.46. The Balaban J connectivity index is 2.13. The lowest BCUT2D eigenvalue weighted by Crippen LogP contribution is -2.55. The van der Waals surface area contributed by atoms with Gasteiger partial charge in [0, 0.05) is 25.7 Å². The van der Waals surface area contributed by atoms with Gasteiger partial charge in [-0.25, -0.2) is 0 Å². The summed E-state index contributed by atoms with van der Waals surface area (Å²) in [7, 11) is 2.23. The molecule has 1 aliphatic heterocycles. The van der Waals surface area contributed by atoms with Gasteiger partial charge in [0.2, 0.25) is 0 Å². The van der Waals surface area contributed by atoms with Gasteiger partial charge in [-0.2, -0.15) is 0 Å². The number of rotatable bonds is 3. The molecule has 1 aliphatic rings. The molecule has 1 N–H and O–H groups in total. The average Bonchev–Trinajstić information content (AvgIpc) is 2.08. The summed E-state index contributed by atoms with van der Waals surface area (Å²) in [6.45, 7) is 9.97. The molecule has 88 valence electrons. The molecule has 1 fully saturated rings. The number of hydrogen-bond donors (Lipinski definition) is 1. The summed E-state index contributed by atoms with van der Waals surface area (Å²) in [5, 5.41) is 3.32. The number of nitrogens with zero attached hydrogens (tertiary/aromatic N) is 1. The zero-order valence-corrected chi connectivity index (χ0v) is 10.8. The monoisotopic (exact) mass is 218 g/mol. The molecule has 1 aromatic rings. The van der Waals surface area contributed by atoms with Gasteiger partial charge in [-0.3, -0.25) is 4.90 Å². The summed E-state index contributed by atoms with van der Waals surface area (Å²) in [5.41, 5.74) is 5.72. The lowest BCUT2D eigenvalue weighted by Gasteiger charge is -2.36. The highest BCUT2D eigenvalue weighted by molar-refractivity contribution is 5.37. The van der Waals surface area contributed by atoms with Gasteiger partial charge in [-0.05, 0) is 44.5 Å². The molecular formula is C14H22N2. The van der Waals surface area contributed by atoms with Gasteiger partial charge >= 0.3 is 0 Å². The fourth-order valence-corrected chi connectivity index (χ4v) is 2.42. The van der Waals surface area contributed by atoms with Crippen molar-refractivity contribution in [2.45, 2.75) is 33.4 Å². The number of hydrogen-bond acceptors (Lipinski definition) is 2. The van der Waals surface area contributed by atoms with E-state index in [1.54, 1.807) is 0 Å². The van der Waals surface area contributed by atoms with Gasteiger partial charge in [0.25, 0.3) is 0 Å². The van der Waals surface area contributed by atoms with Crippen molar-refractivity contribution >= 4 is 0 Å². The van der Waals surface area contributed by atoms with Crippen molar-refractivity contribution in [3.8, 4) is 0 Å². The van der Waals surface area contributed by atoms with Crippen LogP contribution in [0.4, 0.5) is 0 Å². The Labute approximate surface area is 98.7 Å². The van der Waals surface area contributed by atoms with Crippen molar-refractivity contribution < 1.29 is 0 Å². The van der Waals surface area contributed by atoms with Crippen molar-refractivity contribution in [3.63, 3.8) is 0 Å². The molecule has 0 unspecified atom stereocenters. The van der Waals surface area contributed by atoms with E-state index in [-0.39, 0.29) is 0 Å². The molecule has 2 heteroatoms. The Bertz CT molecular complexity index is 357. The second-order valence-electron chi connectivity index (χ2n) is 5.10. The Hall–Kier alpha value is -0.860. The van der Waals surface area contributed by atoms with E-state index in [1.807, 2.05) is 0 Å². The smallest absolute Gasteiger partial charge is 0.0345 e. The largest absolute Gasteiger partial charge is 0.314 e. The molecule has 1 aromatic carbocycles. The minimum Gasteiger partial charge on any atom is -0.314 e. The molecule has 0 bridgehead atoms. The zero-order chi connectivity index (χ0) is 11.7. The van der Waals surface area contributed by atoms with E-state index in [4.69, 9.17) is 0 Å². The standard InChI is InChI=1S/C14H22N2/c1-10-5-11(2)14(12(3)6-10)9-16(4)13-7-15-8-13/h5-6,13,15H,7-9H2,1-4H3. The normalized spacial score (nSPS) is 16.6. The third-order valence-corrected chi connectivity index (χ3v) is 3.63. The molecule has 0 amide bonds. The maximum atomic E-state index is 3.32. The molecular weight excluding hydrogens is 196 g/mol. The molecule has 0 saturated carbocycles. The van der Waals surface area contributed by atoms with Crippen LogP contribution in [0.15, 0.2) is 12.1 Å². The van der Waals surface area contributed by atoms with E-state index in [2.05, 4.69) is 50.2 Å². The number of aryl methyl sites for hydroxylation is 3. The maximum absolute atomic E-state index is 3.32. The van der Waals surface area contributed by atoms with Crippen molar-refractivity contribution in [2.24, 2.45) is 0 Å². The van der Waals surface area contributed by atoms with Crippen molar-refractivity contribution in [3.05, 3.63) is 34.4 Å². The maximum Gasteiger partial charge on any atom is 0.0345 e. The van der Waals surface area contributed by atoms with Crippen molar-refractivity contribution in [1.82, 2.24) is 10.2 Å². The third-order valence-electron chi connectivity index (χ3n) is 3.63. The quantitative estimate of drug-likeness (QED) is 0.835. The molecule has 1 heterocycles. The fraction of sp³-hybridized carbons (Fsp3) is 0.571. The van der Waals surface area contributed by atoms with Crippen LogP contribution >= 0.6 is 0 Å². The van der Waals surface area contributed by atoms with Crippen LogP contribution in [0.25, 0.3) is 0 Å². The topological polar surface area (TPSA) is 15.3 Å². The van der Waals surface area contributed by atoms with Gasteiger partial charge in [0.1, 0.15) is 0 Å². The van der Waals surface area contributed by atoms with Gasteiger partial charge in [0.05, 0.1) is 0 Å². The fourth-order valence-electron chi connectivity index (χ4n) is 2.42. The highest BCUT2D eigenvalue weighted by atomic mass is 15.2. The van der Waals surface area contributed by atoms with E-state index in [1.165, 1.54) is 22.3 Å². The van der Waals surface area contributed by atoms with E-state index in [0.29, 0.717) is 0 Å². The summed E-state index contributed by atoms with van der Waals surface area (Å²) in [6.07, 6.45) is 0. The Morgan fingerprint density at radius 3 is 2.19 bits per heavy atom. The first-order chi connectivity index (χ1) is 7.58. The van der Waals surface area contributed by atoms with Crippen LogP contribution in [0.3, 0.4) is 0 Å². The number of likely N-dealkylation sites (N-methyl/N-ethyl adjacent to an activating group) is 1. The van der Waals surface area contributed by atoms with Crippen LogP contribution in [-0.4, -0.2) is 31.1 Å². The molecule has 2 nitrogen and oxygen atoms in total. The third kappa shape index (κ3) is 2.28. The summed E-state index contributed by atoms with van der Waals surface area (Å²) in [5.74, 6) is 0. The first kappa shape index (κ1) is 11.6. The second-order valence-corrected chi connectivity index (χ2v) is 5.10. The van der Waals surface area contributed by atoms with Crippen LogP contribution in [-0.2, 0) is 6.54 Å². The molecule has 0 spiro atoms. The molecule has 0 aromatic heterocycles. The predicted octanol–water partition coefficient (Wildman–Crippen LogP) is 2.02. The van der Waals surface area contributed by atoms with Crippen LogP contribution in [0.5, 0.6) is 0 Å². The van der Waals surface area contributed by atoms with Gasteiger partial charge in [-0.15, -0.1) is 0 Å². The van der Waals surface area contributed by atoms with Gasteiger partial charge in [-0.1, -0.05) is 17.7 Å². The molecule has 1 saturated heterocycles. The summed E-state index contributed by atoms with van der Waals surface area (Å²) >= 11 is 0. The Morgan fingerprint density at radius 1 is 1.19 bits per heavy atom. The molecule has 2 rings (SSSR count). The minimum absolute atomic E-state index is 0.722. The predicted molar refractivity (Wildman–Crippen MR) is 68.8 cm³/mol. The van der Waals surface area contributed by atoms with Gasteiger partial charge in [0.15, 0.2) is 0 Å². The Kier molecular flexibility index (Phi) is 3.31. The lowest BCUT2D eigenvalue weighted by molar-refractivity contribution is 0.172. The zero-order valence-electron chi connectivity index (χ0n) is 10.8. The summed E-state index contributed by atoms with van der Waals surface area (Å²) < 4.78 is 0. The first-order valence-corrected chi connectivity index (χ1v) is 6.05. The molecule has 0 atom stereocenters. The molecule has 0 aliphatic carbocycles. The number of benzene rings is 1. The first-order valence-electron chi connectivity index (χ1n) is 6.05. The lowest BCUT2D eigenvalue weighted by atomic mass is 9.98. The second kappa shape index (κ2) is 4.56. The van der Waals surface area contributed by atoms with Crippen molar-refractivity contribution in [2.75, 3.05) is 20.1 Å². The van der Waals surface area contributed by atoms with E-state index >= 15 is 0 Å². The minimum atomic E-state index is 0.722. The average molecular weight is 218 g/mol. The van der Waals surface area contributed by atoms with Crippen LogP contribution < -0.4 is 5.32 Å². The molecule has 16 heavy (non-hydrogen) atoms. The van der Waals surface area contributed by atoms with E-state index in [9.17, 15) is 0 Å². The molecule has 0 radical (unpaired) electrons. The Morgan fingerprint density at radius 2 is 1.75 bits per heavy atom. The highest BCUT2D eigenvalue weighted by Crippen LogP contribution is 2.19. The highest BCUT2D eigenvalue weighted by Gasteiger charge is 2.22. The number of nitrogens with one attached hydrogen (secondary N) is 1. The van der Waals surface area contributed by atoms with Crippen LogP contribution in [0.1, 0.15) is 22.3 Å².